The number of aliphatic hydroxyl groups excluding tert-OH is 1. The maximum absolute atomic E-state index is 15.9. The Morgan fingerprint density at radius 3 is 2.76 bits per heavy atom. The molecule has 208 valence electrons. The van der Waals surface area contributed by atoms with E-state index in [0.29, 0.717) is 60.7 Å². The first-order valence-electron chi connectivity index (χ1n) is 13.1. The number of esters is 1. The minimum atomic E-state index is -3.28. The molecule has 3 heterocycles. The van der Waals surface area contributed by atoms with Gasteiger partial charge in [0.15, 0.2) is 5.60 Å². The summed E-state index contributed by atoms with van der Waals surface area (Å²) in [5, 5.41) is 17.8. The minimum Gasteiger partial charge on any atom is -0.469 e. The molecule has 0 aliphatic carbocycles. The van der Waals surface area contributed by atoms with E-state index in [0.717, 1.165) is 0 Å². The summed E-state index contributed by atoms with van der Waals surface area (Å²) in [6.07, 6.45) is 3.59. The Morgan fingerprint density at radius 2 is 2.08 bits per heavy atom. The number of hydrogen-bond donors (Lipinski definition) is 1. The second-order valence-corrected chi connectivity index (χ2v) is 14.9. The molecule has 0 radical (unpaired) electrons. The highest BCUT2D eigenvalue weighted by molar-refractivity contribution is 6.72. The highest BCUT2D eigenvalue weighted by Crippen LogP contribution is 2.60. The van der Waals surface area contributed by atoms with Crippen LogP contribution in [0, 0.1) is 5.92 Å². The van der Waals surface area contributed by atoms with E-state index in [9.17, 15) is 9.59 Å². The van der Waals surface area contributed by atoms with Gasteiger partial charge >= 0.3 is 5.97 Å². The Bertz CT molecular complexity index is 1170. The molecule has 1 aromatic carbocycles. The van der Waals surface area contributed by atoms with Gasteiger partial charge in [-0.05, 0) is 50.6 Å². The Labute approximate surface area is 228 Å². The molecule has 2 aromatic rings. The summed E-state index contributed by atoms with van der Waals surface area (Å²) in [6, 6.07) is 5.33. The Morgan fingerprint density at radius 1 is 1.32 bits per heavy atom. The number of rotatable bonds is 11. The van der Waals surface area contributed by atoms with E-state index in [2.05, 4.69) is 10.3 Å². The Kier molecular flexibility index (Phi) is 8.61. The predicted octanol–water partition coefficient (Wildman–Crippen LogP) is 4.02. The molecule has 1 saturated heterocycles. The van der Waals surface area contributed by atoms with Crippen molar-refractivity contribution in [3.8, 4) is 0 Å². The molecular formula is C26H36ClFN4O5Si. The number of aliphatic hydroxyl groups is 1. The number of ether oxygens (including phenoxy) is 2. The normalized spacial score (nSPS) is 24.9. The number of fused-ring (bicyclic) bond motifs is 2. The smallest absolute Gasteiger partial charge is 0.305 e. The van der Waals surface area contributed by atoms with E-state index >= 15 is 4.11 Å². The fourth-order valence-corrected chi connectivity index (χ4v) is 8.80. The number of benzene rings is 1. The van der Waals surface area contributed by atoms with Gasteiger partial charge in [-0.3, -0.25) is 14.3 Å². The number of hydrogen-bond acceptors (Lipinski definition) is 7. The first kappa shape index (κ1) is 28.7. The van der Waals surface area contributed by atoms with E-state index in [1.54, 1.807) is 41.0 Å². The van der Waals surface area contributed by atoms with Crippen LogP contribution in [0.4, 0.5) is 9.80 Å². The summed E-state index contributed by atoms with van der Waals surface area (Å²) in [5.41, 5.74) is 0.301. The van der Waals surface area contributed by atoms with Crippen molar-refractivity contribution < 1.29 is 28.3 Å². The first-order valence-corrected chi connectivity index (χ1v) is 16.4. The summed E-state index contributed by atoms with van der Waals surface area (Å²) in [6.45, 7) is 6.08. The summed E-state index contributed by atoms with van der Waals surface area (Å²) in [7, 11) is -1.93. The van der Waals surface area contributed by atoms with Gasteiger partial charge in [-0.25, -0.2) is 0 Å². The third-order valence-electron chi connectivity index (χ3n) is 7.76. The van der Waals surface area contributed by atoms with Gasteiger partial charge in [0.25, 0.3) is 5.91 Å². The average molecular weight is 567 g/mol. The molecule has 2 aliphatic heterocycles. The third-order valence-corrected chi connectivity index (χ3v) is 10.5. The van der Waals surface area contributed by atoms with Crippen LogP contribution in [0.1, 0.15) is 43.9 Å². The van der Waals surface area contributed by atoms with E-state index in [1.807, 2.05) is 13.0 Å². The van der Waals surface area contributed by atoms with Crippen LogP contribution >= 0.6 is 11.6 Å². The molecule has 38 heavy (non-hydrogen) atoms. The molecule has 1 aromatic heterocycles. The number of carbonyl (C=O) groups excluding carboxylic acids is 2. The zero-order chi connectivity index (χ0) is 27.7. The third kappa shape index (κ3) is 5.38. The van der Waals surface area contributed by atoms with Gasteiger partial charge in [0.05, 0.1) is 24.6 Å². The number of amides is 1. The van der Waals surface area contributed by atoms with Gasteiger partial charge in [0.2, 0.25) is 8.41 Å². The van der Waals surface area contributed by atoms with Crippen molar-refractivity contribution in [1.82, 2.24) is 15.0 Å². The highest BCUT2D eigenvalue weighted by Gasteiger charge is 2.66. The van der Waals surface area contributed by atoms with Gasteiger partial charge in [0.1, 0.15) is 0 Å². The molecule has 1 spiro atoms. The van der Waals surface area contributed by atoms with E-state index < -0.39 is 31.6 Å². The lowest BCUT2D eigenvalue weighted by Gasteiger charge is -2.31. The molecule has 2 aliphatic rings. The van der Waals surface area contributed by atoms with Crippen LogP contribution < -0.4 is 4.90 Å². The molecular weight excluding hydrogens is 531 g/mol. The largest absolute Gasteiger partial charge is 0.469 e. The van der Waals surface area contributed by atoms with Gasteiger partial charge in [-0.15, -0.1) is 5.10 Å². The van der Waals surface area contributed by atoms with Crippen molar-refractivity contribution in [2.24, 2.45) is 5.92 Å². The minimum absolute atomic E-state index is 0.0164. The van der Waals surface area contributed by atoms with Crippen molar-refractivity contribution >= 4 is 37.6 Å². The molecule has 1 amide bonds. The highest BCUT2D eigenvalue weighted by atomic mass is 35.5. The monoisotopic (exact) mass is 566 g/mol. The SMILES string of the molecule is COC(=O)CCCCN1C(=O)[C@@]2(O[C@@H](CCn3cc(CCO)nn3)[C@H]([Si](C)(C)F)[C@H]2C)c2cc(Cl)ccc21. The summed E-state index contributed by atoms with van der Waals surface area (Å²) < 4.78 is 29.0. The van der Waals surface area contributed by atoms with Gasteiger partial charge < -0.3 is 23.6 Å². The fourth-order valence-electron chi connectivity index (χ4n) is 6.09. The standard InChI is InChI=1S/C26H36ClFN4O5Si/c1-17-24(38(3,4)28)22(10-13-31-16-19(11-14-33)29-30-31)37-26(17)20-15-18(27)8-9-21(20)32(25(26)35)12-6-5-7-23(34)36-2/h8-9,15-17,22,24,33H,5-7,10-14H2,1-4H3/t17-,22+,24-,26+/m1/s1. The summed E-state index contributed by atoms with van der Waals surface area (Å²) >= 11 is 6.40. The van der Waals surface area contributed by atoms with Crippen molar-refractivity contribution in [2.45, 2.75) is 75.9 Å². The van der Waals surface area contributed by atoms with Gasteiger partial charge in [-0.1, -0.05) is 23.7 Å². The van der Waals surface area contributed by atoms with E-state index in [1.165, 1.54) is 7.11 Å². The molecule has 0 bridgehead atoms. The number of nitrogens with zero attached hydrogens (tertiary/aromatic N) is 4. The molecule has 4 atom stereocenters. The topological polar surface area (TPSA) is 107 Å². The van der Waals surface area contributed by atoms with Crippen molar-refractivity contribution in [3.05, 3.63) is 40.7 Å². The Balaban J connectivity index is 1.62. The van der Waals surface area contributed by atoms with Crippen molar-refractivity contribution in [1.29, 1.82) is 0 Å². The van der Waals surface area contributed by atoms with Crippen LogP contribution in [0.2, 0.25) is 23.7 Å². The molecule has 4 rings (SSSR count). The van der Waals surface area contributed by atoms with Crippen LogP contribution in [-0.2, 0) is 37.6 Å². The molecule has 1 N–H and O–H groups in total. The number of methoxy groups -OCH3 is 1. The lowest BCUT2D eigenvalue weighted by atomic mass is 9.82. The quantitative estimate of drug-likeness (QED) is 0.189. The molecule has 9 nitrogen and oxygen atoms in total. The van der Waals surface area contributed by atoms with Crippen LogP contribution in [0.25, 0.3) is 0 Å². The number of anilines is 1. The number of unbranched alkanes of at least 4 members (excludes halogenated alkanes) is 1. The van der Waals surface area contributed by atoms with E-state index in [-0.39, 0.29) is 24.9 Å². The van der Waals surface area contributed by atoms with Crippen LogP contribution in [0.15, 0.2) is 24.4 Å². The fraction of sp³-hybridized carbons (Fsp3) is 0.615. The maximum Gasteiger partial charge on any atom is 0.305 e. The number of aromatic nitrogens is 3. The Hall–Kier alpha value is -2.34. The van der Waals surface area contributed by atoms with E-state index in [4.69, 9.17) is 26.2 Å². The molecule has 0 saturated carbocycles. The maximum atomic E-state index is 15.9. The zero-order valence-electron chi connectivity index (χ0n) is 22.3. The number of halogens is 2. The van der Waals surface area contributed by atoms with Crippen molar-refractivity contribution in [2.75, 3.05) is 25.2 Å². The summed E-state index contributed by atoms with van der Waals surface area (Å²) in [4.78, 5) is 27.4. The lowest BCUT2D eigenvalue weighted by Crippen LogP contribution is -2.45. The molecule has 12 heteroatoms. The average Bonchev–Trinajstić information content (AvgIpc) is 3.50. The summed E-state index contributed by atoms with van der Waals surface area (Å²) in [5.74, 6) is -0.910. The first-order chi connectivity index (χ1) is 18.0. The van der Waals surface area contributed by atoms with Crippen LogP contribution in [0.5, 0.6) is 0 Å². The zero-order valence-corrected chi connectivity index (χ0v) is 24.1. The van der Waals surface area contributed by atoms with Gasteiger partial charge in [-0.2, -0.15) is 0 Å². The number of aryl methyl sites for hydroxylation is 1. The van der Waals surface area contributed by atoms with Crippen LogP contribution in [-0.4, -0.2) is 66.7 Å². The second kappa shape index (κ2) is 11.4. The van der Waals surface area contributed by atoms with Crippen LogP contribution in [0.3, 0.4) is 0 Å². The number of carbonyl (C=O) groups is 2. The van der Waals surface area contributed by atoms with Crippen molar-refractivity contribution in [3.63, 3.8) is 0 Å². The molecule has 0 unspecified atom stereocenters. The predicted molar refractivity (Wildman–Crippen MR) is 143 cm³/mol. The lowest BCUT2D eigenvalue weighted by molar-refractivity contribution is -0.146. The van der Waals surface area contributed by atoms with Gasteiger partial charge in [0, 0.05) is 60.8 Å². The second-order valence-electron chi connectivity index (χ2n) is 10.7. The molecule has 1 fully saturated rings.